The number of rotatable bonds is 2. The number of aromatic nitrogens is 2. The highest BCUT2D eigenvalue weighted by molar-refractivity contribution is 5.32. The van der Waals surface area contributed by atoms with Gasteiger partial charge in [0.05, 0.1) is 24.5 Å². The molecule has 0 fully saturated rings. The Hall–Kier alpha value is -2.15. The molecule has 0 aliphatic rings. The third-order valence-electron chi connectivity index (χ3n) is 2.09. The molecule has 0 radical (unpaired) electrons. The lowest BCUT2D eigenvalue weighted by molar-refractivity contribution is 0.599. The van der Waals surface area contributed by atoms with Gasteiger partial charge in [0, 0.05) is 18.0 Å². The molecular formula is C11H8FN3. The first-order chi connectivity index (χ1) is 7.29. The van der Waals surface area contributed by atoms with Crippen LogP contribution in [-0.4, -0.2) is 9.55 Å². The van der Waals surface area contributed by atoms with Crippen LogP contribution in [-0.2, 0) is 6.54 Å². The summed E-state index contributed by atoms with van der Waals surface area (Å²) in [4.78, 5) is 3.87. The molecular weight excluding hydrogens is 193 g/mol. The molecule has 0 bridgehead atoms. The molecule has 0 spiro atoms. The van der Waals surface area contributed by atoms with E-state index in [1.807, 2.05) is 6.07 Å². The Labute approximate surface area is 86.4 Å². The first-order valence-corrected chi connectivity index (χ1v) is 4.44. The fraction of sp³-hybridized carbons (Fsp3) is 0.0909. The van der Waals surface area contributed by atoms with Crippen molar-refractivity contribution in [2.75, 3.05) is 0 Å². The van der Waals surface area contributed by atoms with Gasteiger partial charge >= 0.3 is 0 Å². The van der Waals surface area contributed by atoms with Crippen molar-refractivity contribution in [3.63, 3.8) is 0 Å². The van der Waals surface area contributed by atoms with Crippen molar-refractivity contribution in [1.82, 2.24) is 9.55 Å². The van der Waals surface area contributed by atoms with E-state index in [4.69, 9.17) is 5.26 Å². The van der Waals surface area contributed by atoms with Gasteiger partial charge in [-0.25, -0.2) is 9.37 Å². The van der Waals surface area contributed by atoms with Crippen molar-refractivity contribution in [2.45, 2.75) is 6.54 Å². The molecule has 0 aliphatic carbocycles. The molecule has 0 amide bonds. The molecule has 1 heterocycles. The molecule has 1 aromatic heterocycles. The van der Waals surface area contributed by atoms with Gasteiger partial charge in [-0.3, -0.25) is 0 Å². The molecule has 0 saturated heterocycles. The lowest BCUT2D eigenvalue weighted by atomic mass is 10.1. The fourth-order valence-corrected chi connectivity index (χ4v) is 1.32. The van der Waals surface area contributed by atoms with Crippen molar-refractivity contribution >= 4 is 0 Å². The number of nitriles is 1. The number of nitrogens with zero attached hydrogens (tertiary/aromatic N) is 3. The molecule has 3 nitrogen and oxygen atoms in total. The minimum atomic E-state index is -0.359. The van der Waals surface area contributed by atoms with E-state index in [1.165, 1.54) is 6.07 Å². The monoisotopic (exact) mass is 201 g/mol. The maximum atomic E-state index is 13.4. The Bertz CT molecular complexity index is 497. The van der Waals surface area contributed by atoms with Crippen molar-refractivity contribution < 1.29 is 4.39 Å². The summed E-state index contributed by atoms with van der Waals surface area (Å²) in [6.07, 6.45) is 5.02. The second kappa shape index (κ2) is 3.93. The van der Waals surface area contributed by atoms with Crippen LogP contribution < -0.4 is 0 Å². The van der Waals surface area contributed by atoms with E-state index >= 15 is 0 Å². The Morgan fingerprint density at radius 1 is 1.47 bits per heavy atom. The molecule has 4 heteroatoms. The van der Waals surface area contributed by atoms with Gasteiger partial charge in [0.1, 0.15) is 5.82 Å². The van der Waals surface area contributed by atoms with Crippen LogP contribution >= 0.6 is 0 Å². The zero-order chi connectivity index (χ0) is 10.7. The third-order valence-corrected chi connectivity index (χ3v) is 2.09. The minimum Gasteiger partial charge on any atom is -0.333 e. The molecule has 0 N–H and O–H groups in total. The van der Waals surface area contributed by atoms with Gasteiger partial charge in [-0.2, -0.15) is 5.26 Å². The summed E-state index contributed by atoms with van der Waals surface area (Å²) in [7, 11) is 0. The second-order valence-electron chi connectivity index (χ2n) is 3.15. The third kappa shape index (κ3) is 2.02. The van der Waals surface area contributed by atoms with E-state index in [9.17, 15) is 4.39 Å². The summed E-state index contributed by atoms with van der Waals surface area (Å²) < 4.78 is 15.2. The smallest absolute Gasteiger partial charge is 0.129 e. The summed E-state index contributed by atoms with van der Waals surface area (Å²) in [5.41, 5.74) is 0.883. The molecule has 1 aromatic carbocycles. The predicted molar refractivity (Wildman–Crippen MR) is 52.4 cm³/mol. The van der Waals surface area contributed by atoms with Crippen LogP contribution in [0.3, 0.4) is 0 Å². The molecule has 2 aromatic rings. The Morgan fingerprint density at radius 2 is 2.33 bits per heavy atom. The van der Waals surface area contributed by atoms with Gasteiger partial charge in [0.2, 0.25) is 0 Å². The van der Waals surface area contributed by atoms with Crippen LogP contribution in [0.2, 0.25) is 0 Å². The van der Waals surface area contributed by atoms with E-state index in [0.29, 0.717) is 17.7 Å². The number of benzene rings is 1. The van der Waals surface area contributed by atoms with E-state index in [-0.39, 0.29) is 5.82 Å². The van der Waals surface area contributed by atoms with Crippen LogP contribution in [0.25, 0.3) is 0 Å². The van der Waals surface area contributed by atoms with Gasteiger partial charge < -0.3 is 4.57 Å². The van der Waals surface area contributed by atoms with Crippen molar-refractivity contribution in [2.24, 2.45) is 0 Å². The van der Waals surface area contributed by atoms with Crippen LogP contribution in [0.15, 0.2) is 36.9 Å². The summed E-state index contributed by atoms with van der Waals surface area (Å²) in [6, 6.07) is 6.36. The normalized spacial score (nSPS) is 9.87. The molecule has 15 heavy (non-hydrogen) atoms. The predicted octanol–water partition coefficient (Wildman–Crippen LogP) is 1.94. The highest BCUT2D eigenvalue weighted by atomic mass is 19.1. The average molecular weight is 201 g/mol. The minimum absolute atomic E-state index is 0.335. The van der Waals surface area contributed by atoms with Crippen molar-refractivity contribution in [1.29, 1.82) is 5.26 Å². The lowest BCUT2D eigenvalue weighted by Crippen LogP contribution is -1.99. The quantitative estimate of drug-likeness (QED) is 0.745. The van der Waals surface area contributed by atoms with Crippen LogP contribution in [0, 0.1) is 17.1 Å². The first kappa shape index (κ1) is 9.41. The SMILES string of the molecule is N#Cc1ccc(Cn2ccnc2)c(F)c1. The van der Waals surface area contributed by atoms with Crippen molar-refractivity contribution in [3.05, 3.63) is 53.9 Å². The summed E-state index contributed by atoms with van der Waals surface area (Å²) in [6.45, 7) is 0.428. The van der Waals surface area contributed by atoms with Gasteiger partial charge in [-0.15, -0.1) is 0 Å². The van der Waals surface area contributed by atoms with Crippen molar-refractivity contribution in [3.8, 4) is 6.07 Å². The summed E-state index contributed by atoms with van der Waals surface area (Å²) >= 11 is 0. The average Bonchev–Trinajstić information content (AvgIpc) is 2.74. The number of imidazole rings is 1. The van der Waals surface area contributed by atoms with E-state index in [1.54, 1.807) is 35.4 Å². The topological polar surface area (TPSA) is 41.6 Å². The lowest BCUT2D eigenvalue weighted by Gasteiger charge is -2.03. The molecule has 0 saturated carbocycles. The molecule has 74 valence electrons. The molecule has 0 atom stereocenters. The van der Waals surface area contributed by atoms with Gasteiger partial charge in [-0.05, 0) is 12.1 Å². The maximum Gasteiger partial charge on any atom is 0.129 e. The molecule has 2 rings (SSSR count). The molecule has 0 aliphatic heterocycles. The van der Waals surface area contributed by atoms with Crippen LogP contribution in [0.1, 0.15) is 11.1 Å². The highest BCUT2D eigenvalue weighted by Crippen LogP contribution is 2.11. The zero-order valence-electron chi connectivity index (χ0n) is 7.89. The maximum absolute atomic E-state index is 13.4. The first-order valence-electron chi connectivity index (χ1n) is 4.44. The van der Waals surface area contributed by atoms with E-state index in [0.717, 1.165) is 0 Å². The second-order valence-corrected chi connectivity index (χ2v) is 3.15. The summed E-state index contributed by atoms with van der Waals surface area (Å²) in [5, 5.41) is 8.58. The molecule has 0 unspecified atom stereocenters. The largest absolute Gasteiger partial charge is 0.333 e. The van der Waals surface area contributed by atoms with Crippen LogP contribution in [0.4, 0.5) is 4.39 Å². The summed E-state index contributed by atoms with van der Waals surface area (Å²) in [5.74, 6) is -0.359. The van der Waals surface area contributed by atoms with Gasteiger partial charge in [0.15, 0.2) is 0 Å². The Morgan fingerprint density at radius 3 is 2.93 bits per heavy atom. The number of hydrogen-bond donors (Lipinski definition) is 0. The van der Waals surface area contributed by atoms with Crippen LogP contribution in [0.5, 0.6) is 0 Å². The van der Waals surface area contributed by atoms with E-state index in [2.05, 4.69) is 4.98 Å². The number of hydrogen-bond acceptors (Lipinski definition) is 2. The fourth-order valence-electron chi connectivity index (χ4n) is 1.32. The zero-order valence-corrected chi connectivity index (χ0v) is 7.89. The highest BCUT2D eigenvalue weighted by Gasteiger charge is 2.03. The van der Waals surface area contributed by atoms with Gasteiger partial charge in [-0.1, -0.05) is 6.07 Å². The Balaban J connectivity index is 2.27. The standard InChI is InChI=1S/C11H8FN3/c12-11-5-9(6-13)1-2-10(11)7-15-4-3-14-8-15/h1-5,8H,7H2. The number of halogens is 1. The van der Waals surface area contributed by atoms with Gasteiger partial charge in [0.25, 0.3) is 0 Å². The van der Waals surface area contributed by atoms with E-state index < -0.39 is 0 Å². The Kier molecular flexibility index (Phi) is 2.46.